The van der Waals surface area contributed by atoms with Gasteiger partial charge in [0.25, 0.3) is 0 Å². The summed E-state index contributed by atoms with van der Waals surface area (Å²) in [6.07, 6.45) is 1.51. The second-order valence-corrected chi connectivity index (χ2v) is 5.15. The Morgan fingerprint density at radius 2 is 1.33 bits per heavy atom. The molecule has 0 amide bonds. The van der Waals surface area contributed by atoms with E-state index in [1.807, 2.05) is 0 Å². The van der Waals surface area contributed by atoms with Gasteiger partial charge in [-0.1, -0.05) is 13.8 Å². The van der Waals surface area contributed by atoms with Crippen LogP contribution in [0.1, 0.15) is 20.3 Å². The van der Waals surface area contributed by atoms with Crippen LogP contribution in [0.2, 0.25) is 0 Å². The normalized spacial score (nSPS) is 62.5. The molecule has 6 atom stereocenters. The zero-order valence-corrected chi connectivity index (χ0v) is 7.99. The molecule has 1 heteroatoms. The molecule has 2 aliphatic carbocycles. The molecular formula is C11H18O. The molecule has 0 aromatic carbocycles. The van der Waals surface area contributed by atoms with E-state index in [4.69, 9.17) is 4.74 Å². The molecule has 1 saturated heterocycles. The van der Waals surface area contributed by atoms with Crippen molar-refractivity contribution in [3.63, 3.8) is 0 Å². The van der Waals surface area contributed by atoms with Crippen LogP contribution in [-0.2, 0) is 4.74 Å². The minimum Gasteiger partial charge on any atom is -0.381 e. The van der Waals surface area contributed by atoms with E-state index < -0.39 is 0 Å². The molecule has 1 aliphatic heterocycles. The third-order valence-corrected chi connectivity index (χ3v) is 4.99. The Kier molecular flexibility index (Phi) is 1.39. The maximum Gasteiger partial charge on any atom is 0.0500 e. The van der Waals surface area contributed by atoms with E-state index in [1.54, 1.807) is 0 Å². The number of rotatable bonds is 0. The lowest BCUT2D eigenvalue weighted by Crippen LogP contribution is -2.31. The number of hydrogen-bond acceptors (Lipinski definition) is 1. The van der Waals surface area contributed by atoms with E-state index in [9.17, 15) is 0 Å². The summed E-state index contributed by atoms with van der Waals surface area (Å²) in [6.45, 7) is 7.04. The highest BCUT2D eigenvalue weighted by Crippen LogP contribution is 2.59. The molecule has 0 N–H and O–H groups in total. The van der Waals surface area contributed by atoms with Crippen molar-refractivity contribution in [3.8, 4) is 0 Å². The molecule has 12 heavy (non-hydrogen) atoms. The maximum absolute atomic E-state index is 5.59. The smallest absolute Gasteiger partial charge is 0.0500 e. The van der Waals surface area contributed by atoms with Crippen LogP contribution in [0.5, 0.6) is 0 Å². The van der Waals surface area contributed by atoms with Gasteiger partial charge in [0.1, 0.15) is 0 Å². The zero-order valence-electron chi connectivity index (χ0n) is 7.99. The third-order valence-electron chi connectivity index (χ3n) is 4.99. The molecule has 3 fully saturated rings. The fourth-order valence-corrected chi connectivity index (χ4v) is 4.12. The van der Waals surface area contributed by atoms with Gasteiger partial charge in [0, 0.05) is 0 Å². The van der Waals surface area contributed by atoms with Crippen molar-refractivity contribution in [1.29, 1.82) is 0 Å². The summed E-state index contributed by atoms with van der Waals surface area (Å²) in [5.74, 6) is 5.85. The minimum absolute atomic E-state index is 0.946. The van der Waals surface area contributed by atoms with Crippen molar-refractivity contribution in [2.75, 3.05) is 13.2 Å². The van der Waals surface area contributed by atoms with Crippen LogP contribution in [0.25, 0.3) is 0 Å². The maximum atomic E-state index is 5.59. The van der Waals surface area contributed by atoms with Gasteiger partial charge in [0.15, 0.2) is 0 Å². The first-order chi connectivity index (χ1) is 5.79. The predicted molar refractivity (Wildman–Crippen MR) is 47.7 cm³/mol. The molecule has 1 nitrogen and oxygen atoms in total. The average molecular weight is 166 g/mol. The zero-order chi connectivity index (χ0) is 8.29. The van der Waals surface area contributed by atoms with Gasteiger partial charge in [-0.3, -0.25) is 0 Å². The molecule has 0 spiro atoms. The molecule has 68 valence electrons. The predicted octanol–water partition coefficient (Wildman–Crippen LogP) is 2.17. The second-order valence-electron chi connectivity index (χ2n) is 5.15. The van der Waals surface area contributed by atoms with E-state index >= 15 is 0 Å². The van der Waals surface area contributed by atoms with E-state index in [2.05, 4.69) is 13.8 Å². The van der Waals surface area contributed by atoms with Crippen molar-refractivity contribution in [1.82, 2.24) is 0 Å². The summed E-state index contributed by atoms with van der Waals surface area (Å²) in [5, 5.41) is 0. The van der Waals surface area contributed by atoms with Gasteiger partial charge >= 0.3 is 0 Å². The fourth-order valence-electron chi connectivity index (χ4n) is 4.12. The second kappa shape index (κ2) is 2.25. The standard InChI is InChI=1S/C11H18O/c1-6-7(2)9-3-8(6)10-4-12-5-11(9)10/h6-11H,3-5H2,1-2H3. The Balaban J connectivity index is 1.92. The van der Waals surface area contributed by atoms with Gasteiger partial charge in [-0.15, -0.1) is 0 Å². The van der Waals surface area contributed by atoms with Crippen LogP contribution in [-0.4, -0.2) is 13.2 Å². The van der Waals surface area contributed by atoms with E-state index in [1.165, 1.54) is 6.42 Å². The topological polar surface area (TPSA) is 9.23 Å². The molecule has 0 radical (unpaired) electrons. The van der Waals surface area contributed by atoms with Crippen LogP contribution in [0.4, 0.5) is 0 Å². The van der Waals surface area contributed by atoms with Crippen molar-refractivity contribution in [3.05, 3.63) is 0 Å². The molecule has 3 aliphatic rings. The fraction of sp³-hybridized carbons (Fsp3) is 1.00. The lowest BCUT2D eigenvalue weighted by molar-refractivity contribution is 0.153. The molecule has 1 heterocycles. The highest BCUT2D eigenvalue weighted by molar-refractivity contribution is 5.04. The molecule has 2 bridgehead atoms. The first-order valence-electron chi connectivity index (χ1n) is 5.37. The Labute approximate surface area is 74.5 Å². The van der Waals surface area contributed by atoms with Gasteiger partial charge in [0.2, 0.25) is 0 Å². The summed E-state index contributed by atoms with van der Waals surface area (Å²) in [6, 6.07) is 0. The van der Waals surface area contributed by atoms with Crippen LogP contribution < -0.4 is 0 Å². The first-order valence-corrected chi connectivity index (χ1v) is 5.37. The quantitative estimate of drug-likeness (QED) is 0.536. The van der Waals surface area contributed by atoms with Gasteiger partial charge in [-0.25, -0.2) is 0 Å². The molecule has 3 rings (SSSR count). The van der Waals surface area contributed by atoms with Gasteiger partial charge in [-0.05, 0) is 41.9 Å². The van der Waals surface area contributed by atoms with Crippen molar-refractivity contribution >= 4 is 0 Å². The van der Waals surface area contributed by atoms with Crippen molar-refractivity contribution < 1.29 is 4.74 Å². The number of fused-ring (bicyclic) bond motifs is 5. The first kappa shape index (κ1) is 7.37. The molecule has 0 aromatic rings. The van der Waals surface area contributed by atoms with Crippen LogP contribution in [0.3, 0.4) is 0 Å². The largest absolute Gasteiger partial charge is 0.381 e. The molecule has 2 saturated carbocycles. The molecule has 6 unspecified atom stereocenters. The lowest BCUT2D eigenvalue weighted by atomic mass is 9.71. The Hall–Kier alpha value is -0.0400. The monoisotopic (exact) mass is 166 g/mol. The van der Waals surface area contributed by atoms with E-state index in [0.717, 1.165) is 48.7 Å². The summed E-state index contributed by atoms with van der Waals surface area (Å²) >= 11 is 0. The molecule has 0 aromatic heterocycles. The van der Waals surface area contributed by atoms with Gasteiger partial charge in [-0.2, -0.15) is 0 Å². The number of ether oxygens (including phenoxy) is 1. The Morgan fingerprint density at radius 3 is 1.83 bits per heavy atom. The highest BCUT2D eigenvalue weighted by Gasteiger charge is 2.56. The van der Waals surface area contributed by atoms with Crippen molar-refractivity contribution in [2.45, 2.75) is 20.3 Å². The Bertz CT molecular complexity index is 181. The summed E-state index contributed by atoms with van der Waals surface area (Å²) in [7, 11) is 0. The Morgan fingerprint density at radius 1 is 0.833 bits per heavy atom. The van der Waals surface area contributed by atoms with Crippen molar-refractivity contribution in [2.24, 2.45) is 35.5 Å². The van der Waals surface area contributed by atoms with Gasteiger partial charge < -0.3 is 4.74 Å². The minimum atomic E-state index is 0.946. The van der Waals surface area contributed by atoms with E-state index in [0.29, 0.717) is 0 Å². The number of hydrogen-bond donors (Lipinski definition) is 0. The molecular weight excluding hydrogens is 148 g/mol. The highest BCUT2D eigenvalue weighted by atomic mass is 16.5. The van der Waals surface area contributed by atoms with Crippen LogP contribution in [0.15, 0.2) is 0 Å². The average Bonchev–Trinajstić information content (AvgIpc) is 2.63. The lowest BCUT2D eigenvalue weighted by Gasteiger charge is -2.33. The van der Waals surface area contributed by atoms with Gasteiger partial charge in [0.05, 0.1) is 13.2 Å². The summed E-state index contributed by atoms with van der Waals surface area (Å²) < 4.78 is 5.59. The summed E-state index contributed by atoms with van der Waals surface area (Å²) in [4.78, 5) is 0. The third kappa shape index (κ3) is 0.693. The summed E-state index contributed by atoms with van der Waals surface area (Å²) in [5.41, 5.74) is 0. The van der Waals surface area contributed by atoms with E-state index in [-0.39, 0.29) is 0 Å². The van der Waals surface area contributed by atoms with Crippen LogP contribution >= 0.6 is 0 Å². The SMILES string of the molecule is CC1C(C)C2CC1C1COCC21. The van der Waals surface area contributed by atoms with Crippen LogP contribution in [0, 0.1) is 35.5 Å².